The number of amides is 1. The summed E-state index contributed by atoms with van der Waals surface area (Å²) in [5.41, 5.74) is 6.10. The molecular weight excluding hydrogens is 318 g/mol. The van der Waals surface area contributed by atoms with Crippen LogP contribution in [0.15, 0.2) is 16.6 Å². The summed E-state index contributed by atoms with van der Waals surface area (Å²) in [6.07, 6.45) is -0.799. The molecule has 0 aromatic heterocycles. The molecule has 8 heteroatoms. The van der Waals surface area contributed by atoms with E-state index < -0.39 is 16.9 Å². The number of halogens is 1. The lowest BCUT2D eigenvalue weighted by Crippen LogP contribution is -2.36. The first-order valence-corrected chi connectivity index (χ1v) is 6.18. The first kappa shape index (κ1) is 15.5. The Morgan fingerprint density at radius 2 is 2.26 bits per heavy atom. The van der Waals surface area contributed by atoms with Gasteiger partial charge in [0, 0.05) is 29.8 Å². The zero-order valence-electron chi connectivity index (χ0n) is 10.5. The third kappa shape index (κ3) is 3.72. The molecule has 0 fully saturated rings. The fraction of sp³-hybridized carbons (Fsp3) is 0.364. The second-order valence-corrected chi connectivity index (χ2v) is 4.68. The second-order valence-electron chi connectivity index (χ2n) is 3.82. The molecule has 0 bridgehead atoms. The van der Waals surface area contributed by atoms with Crippen LogP contribution in [0.25, 0.3) is 0 Å². The van der Waals surface area contributed by atoms with Gasteiger partial charge in [-0.15, -0.1) is 0 Å². The van der Waals surface area contributed by atoms with Gasteiger partial charge in [0.1, 0.15) is 6.10 Å². The van der Waals surface area contributed by atoms with E-state index in [1.807, 2.05) is 0 Å². The minimum Gasteiger partial charge on any atom is -0.370 e. The van der Waals surface area contributed by atoms with E-state index in [1.165, 1.54) is 13.2 Å². The molecule has 19 heavy (non-hydrogen) atoms. The molecule has 7 nitrogen and oxygen atoms in total. The van der Waals surface area contributed by atoms with E-state index in [9.17, 15) is 14.9 Å². The van der Waals surface area contributed by atoms with Crippen molar-refractivity contribution >= 4 is 33.2 Å². The minimum atomic E-state index is -0.799. The zero-order valence-corrected chi connectivity index (χ0v) is 12.1. The third-order valence-electron chi connectivity index (χ3n) is 2.53. The van der Waals surface area contributed by atoms with Gasteiger partial charge in [-0.1, -0.05) is 0 Å². The van der Waals surface area contributed by atoms with Crippen molar-refractivity contribution < 1.29 is 14.5 Å². The summed E-state index contributed by atoms with van der Waals surface area (Å²) >= 11 is 3.24. The topological polar surface area (TPSA) is 107 Å². The lowest BCUT2D eigenvalue weighted by molar-refractivity contribution is -0.385. The molecule has 1 aromatic rings. The average molecular weight is 332 g/mol. The number of nitrogens with one attached hydrogen (secondary N) is 1. The van der Waals surface area contributed by atoms with Gasteiger partial charge in [-0.25, -0.2) is 0 Å². The molecule has 0 aliphatic carbocycles. The van der Waals surface area contributed by atoms with Crippen LogP contribution in [-0.4, -0.2) is 30.6 Å². The van der Waals surface area contributed by atoms with E-state index in [4.69, 9.17) is 10.5 Å². The third-order valence-corrected chi connectivity index (χ3v) is 3.19. The first-order valence-electron chi connectivity index (χ1n) is 5.39. The Labute approximate surface area is 118 Å². The number of nitrogens with zero attached hydrogens (tertiary/aromatic N) is 1. The van der Waals surface area contributed by atoms with Crippen LogP contribution < -0.4 is 11.1 Å². The Kier molecular flexibility index (Phi) is 5.40. The lowest BCUT2D eigenvalue weighted by Gasteiger charge is -2.14. The predicted molar refractivity (Wildman–Crippen MR) is 74.0 cm³/mol. The van der Waals surface area contributed by atoms with Crippen LogP contribution in [0.3, 0.4) is 0 Å². The Morgan fingerprint density at radius 3 is 2.74 bits per heavy atom. The number of rotatable bonds is 5. The summed E-state index contributed by atoms with van der Waals surface area (Å²) < 4.78 is 5.44. The first-order chi connectivity index (χ1) is 8.90. The number of carbonyl (C=O) groups is 1. The van der Waals surface area contributed by atoms with Crippen LogP contribution in [0.5, 0.6) is 0 Å². The van der Waals surface area contributed by atoms with Gasteiger partial charge in [0.05, 0.1) is 10.6 Å². The van der Waals surface area contributed by atoms with E-state index in [-0.39, 0.29) is 12.2 Å². The average Bonchev–Trinajstić information content (AvgIpc) is 2.33. The Hall–Kier alpha value is -1.51. The van der Waals surface area contributed by atoms with Crippen molar-refractivity contribution in [2.45, 2.75) is 13.0 Å². The Balaban J connectivity index is 3.04. The van der Waals surface area contributed by atoms with Crippen LogP contribution in [-0.2, 0) is 9.53 Å². The fourth-order valence-corrected chi connectivity index (χ4v) is 2.03. The molecule has 0 saturated carbocycles. The maximum absolute atomic E-state index is 11.8. The molecule has 1 amide bonds. The van der Waals surface area contributed by atoms with Crippen LogP contribution in [0.2, 0.25) is 0 Å². The van der Waals surface area contributed by atoms with Crippen LogP contribution in [0.4, 0.5) is 11.4 Å². The molecule has 1 aromatic carbocycles. The van der Waals surface area contributed by atoms with Gasteiger partial charge in [0.15, 0.2) is 0 Å². The molecule has 0 radical (unpaired) electrons. The molecule has 1 atom stereocenters. The summed E-state index contributed by atoms with van der Waals surface area (Å²) in [4.78, 5) is 22.1. The van der Waals surface area contributed by atoms with E-state index in [1.54, 1.807) is 13.0 Å². The number of nitro benzene ring substituents is 1. The van der Waals surface area contributed by atoms with Crippen molar-refractivity contribution in [3.8, 4) is 0 Å². The molecule has 0 aliphatic heterocycles. The summed E-state index contributed by atoms with van der Waals surface area (Å²) in [6, 6.07) is 2.86. The number of carbonyl (C=O) groups excluding carboxylic acids is 1. The molecule has 104 valence electrons. The number of nitro groups is 1. The largest absolute Gasteiger partial charge is 0.370 e. The molecule has 0 saturated heterocycles. The van der Waals surface area contributed by atoms with Gasteiger partial charge in [0.2, 0.25) is 0 Å². The molecule has 0 heterocycles. The van der Waals surface area contributed by atoms with E-state index in [0.717, 1.165) is 0 Å². The van der Waals surface area contributed by atoms with Crippen LogP contribution >= 0.6 is 15.9 Å². The van der Waals surface area contributed by atoms with Gasteiger partial charge in [-0.3, -0.25) is 14.9 Å². The smallest absolute Gasteiger partial charge is 0.274 e. The molecule has 1 unspecified atom stereocenters. The zero-order chi connectivity index (χ0) is 14.6. The number of aryl methyl sites for hydroxylation is 1. The standard InChI is InChI=1S/C11H14BrN3O4/c1-6-3-7(12)8(4-9(6)15(17)18)14-11(16)10(5-13)19-2/h3-4,10H,5,13H2,1-2H3,(H,14,16). The molecule has 0 aliphatic rings. The van der Waals surface area contributed by atoms with E-state index >= 15 is 0 Å². The maximum atomic E-state index is 11.8. The van der Waals surface area contributed by atoms with Crippen LogP contribution in [0, 0.1) is 17.0 Å². The number of methoxy groups -OCH3 is 1. The van der Waals surface area contributed by atoms with Crippen molar-refractivity contribution in [1.82, 2.24) is 0 Å². The van der Waals surface area contributed by atoms with Gasteiger partial charge in [0.25, 0.3) is 11.6 Å². The van der Waals surface area contributed by atoms with Crippen LogP contribution in [0.1, 0.15) is 5.56 Å². The Morgan fingerprint density at radius 1 is 1.63 bits per heavy atom. The molecule has 1 rings (SSSR count). The lowest BCUT2D eigenvalue weighted by atomic mass is 10.2. The van der Waals surface area contributed by atoms with Gasteiger partial charge >= 0.3 is 0 Å². The number of anilines is 1. The molecule has 0 spiro atoms. The summed E-state index contributed by atoms with van der Waals surface area (Å²) in [5.74, 6) is -0.455. The molecule has 3 N–H and O–H groups in total. The highest BCUT2D eigenvalue weighted by Gasteiger charge is 2.20. The van der Waals surface area contributed by atoms with Gasteiger partial charge in [-0.2, -0.15) is 0 Å². The highest BCUT2D eigenvalue weighted by molar-refractivity contribution is 9.10. The van der Waals surface area contributed by atoms with E-state index in [2.05, 4.69) is 21.2 Å². The fourth-order valence-electron chi connectivity index (χ4n) is 1.48. The summed E-state index contributed by atoms with van der Waals surface area (Å²) in [5, 5.41) is 13.4. The number of nitrogens with two attached hydrogens (primary N) is 1. The highest BCUT2D eigenvalue weighted by atomic mass is 79.9. The van der Waals surface area contributed by atoms with Gasteiger partial charge in [-0.05, 0) is 28.9 Å². The normalized spacial score (nSPS) is 12.0. The molecular formula is C11H14BrN3O4. The van der Waals surface area contributed by atoms with Crippen molar-refractivity contribution in [1.29, 1.82) is 0 Å². The Bertz CT molecular complexity index is 503. The summed E-state index contributed by atoms with van der Waals surface area (Å²) in [7, 11) is 1.36. The van der Waals surface area contributed by atoms with Crippen molar-refractivity contribution in [3.63, 3.8) is 0 Å². The van der Waals surface area contributed by atoms with Crippen molar-refractivity contribution in [2.75, 3.05) is 19.0 Å². The maximum Gasteiger partial charge on any atom is 0.274 e. The summed E-state index contributed by atoms with van der Waals surface area (Å²) in [6.45, 7) is 1.64. The number of benzene rings is 1. The van der Waals surface area contributed by atoms with Crippen molar-refractivity contribution in [2.24, 2.45) is 5.73 Å². The highest BCUT2D eigenvalue weighted by Crippen LogP contribution is 2.30. The van der Waals surface area contributed by atoms with Gasteiger partial charge < -0.3 is 15.8 Å². The minimum absolute atomic E-state index is 0.0217. The number of hydrogen-bond donors (Lipinski definition) is 2. The van der Waals surface area contributed by atoms with E-state index in [0.29, 0.717) is 15.7 Å². The quantitative estimate of drug-likeness (QED) is 0.629. The SMILES string of the molecule is COC(CN)C(=O)Nc1cc([N+](=O)[O-])c(C)cc1Br. The predicted octanol–water partition coefficient (Wildman–Crippen LogP) is 1.58. The second kappa shape index (κ2) is 6.60. The van der Waals surface area contributed by atoms with Crippen molar-refractivity contribution in [3.05, 3.63) is 32.3 Å². The number of ether oxygens (including phenoxy) is 1. The number of hydrogen-bond acceptors (Lipinski definition) is 5. The monoisotopic (exact) mass is 331 g/mol.